The number of nitrogens with zero attached hydrogens (tertiary/aromatic N) is 1. The first kappa shape index (κ1) is 23.2. The maximum absolute atomic E-state index is 12.4. The summed E-state index contributed by atoms with van der Waals surface area (Å²) in [5, 5.41) is 0. The van der Waals surface area contributed by atoms with E-state index in [4.69, 9.17) is 9.15 Å². The van der Waals surface area contributed by atoms with Crippen LogP contribution in [0.5, 0.6) is 0 Å². The van der Waals surface area contributed by atoms with Crippen LogP contribution in [-0.4, -0.2) is 38.8 Å². The van der Waals surface area contributed by atoms with E-state index in [2.05, 4.69) is 4.72 Å². The number of aryl methyl sites for hydroxylation is 1. The Labute approximate surface area is 186 Å². The Morgan fingerprint density at radius 3 is 2.41 bits per heavy atom. The quantitative estimate of drug-likeness (QED) is 0.497. The first-order valence-corrected chi connectivity index (χ1v) is 11.3. The van der Waals surface area contributed by atoms with Crippen LogP contribution in [0.2, 0.25) is 0 Å². The molecule has 8 nitrogen and oxygen atoms in total. The molecule has 3 rings (SSSR count). The lowest BCUT2D eigenvalue weighted by molar-refractivity contribution is -0.133. The summed E-state index contributed by atoms with van der Waals surface area (Å²) in [7, 11) is -2.14. The van der Waals surface area contributed by atoms with Crippen LogP contribution in [0, 0.1) is 6.92 Å². The third kappa shape index (κ3) is 6.05. The molecule has 0 aliphatic heterocycles. The maximum Gasteiger partial charge on any atom is 0.338 e. The highest BCUT2D eigenvalue weighted by Gasteiger charge is 2.17. The van der Waals surface area contributed by atoms with Gasteiger partial charge in [-0.2, -0.15) is 0 Å². The van der Waals surface area contributed by atoms with E-state index >= 15 is 0 Å². The summed E-state index contributed by atoms with van der Waals surface area (Å²) in [6.45, 7) is 1.97. The molecule has 0 unspecified atom stereocenters. The number of amides is 1. The third-order valence-electron chi connectivity index (χ3n) is 4.84. The third-order valence-corrected chi connectivity index (χ3v) is 6.26. The molecule has 0 aliphatic rings. The number of benzene rings is 2. The van der Waals surface area contributed by atoms with Crippen LogP contribution in [0.1, 0.15) is 27.2 Å². The van der Waals surface area contributed by atoms with Gasteiger partial charge in [-0.05, 0) is 54.4 Å². The number of hydrogen-bond acceptors (Lipinski definition) is 6. The van der Waals surface area contributed by atoms with Gasteiger partial charge in [0.1, 0.15) is 5.76 Å². The summed E-state index contributed by atoms with van der Waals surface area (Å²) >= 11 is 0. The SMILES string of the molecule is Cc1ccccc1CN(C)C(=O)COC(=O)c1ccc(S(=O)(=O)NCc2ccco2)cc1. The average molecular weight is 457 g/mol. The summed E-state index contributed by atoms with van der Waals surface area (Å²) < 4.78 is 37.3. The number of rotatable bonds is 9. The average Bonchev–Trinajstić information content (AvgIpc) is 3.31. The van der Waals surface area contributed by atoms with Crippen LogP contribution in [0.25, 0.3) is 0 Å². The van der Waals surface area contributed by atoms with Crippen LogP contribution < -0.4 is 4.72 Å². The second-order valence-electron chi connectivity index (χ2n) is 7.18. The smallest absolute Gasteiger partial charge is 0.338 e. The van der Waals surface area contributed by atoms with Crippen LogP contribution >= 0.6 is 0 Å². The number of hydrogen-bond donors (Lipinski definition) is 1. The summed E-state index contributed by atoms with van der Waals surface area (Å²) in [6, 6.07) is 16.3. The molecule has 0 atom stereocenters. The number of carbonyl (C=O) groups excluding carboxylic acids is 2. The molecule has 1 aromatic heterocycles. The lowest BCUT2D eigenvalue weighted by atomic mass is 10.1. The molecule has 1 heterocycles. The molecule has 168 valence electrons. The van der Waals surface area contributed by atoms with Crippen molar-refractivity contribution in [2.75, 3.05) is 13.7 Å². The van der Waals surface area contributed by atoms with Gasteiger partial charge in [-0.3, -0.25) is 4.79 Å². The Morgan fingerprint density at radius 2 is 1.75 bits per heavy atom. The number of ether oxygens (including phenoxy) is 1. The highest BCUT2D eigenvalue weighted by molar-refractivity contribution is 7.89. The Hall–Kier alpha value is -3.43. The minimum absolute atomic E-state index is 0.00496. The van der Waals surface area contributed by atoms with E-state index in [1.807, 2.05) is 31.2 Å². The molecule has 3 aromatic rings. The lowest BCUT2D eigenvalue weighted by Gasteiger charge is -2.18. The summed E-state index contributed by atoms with van der Waals surface area (Å²) in [6.07, 6.45) is 1.45. The van der Waals surface area contributed by atoms with Gasteiger partial charge in [0.15, 0.2) is 6.61 Å². The first-order valence-electron chi connectivity index (χ1n) is 9.84. The molecule has 1 N–H and O–H groups in total. The second-order valence-corrected chi connectivity index (χ2v) is 8.95. The van der Waals surface area contributed by atoms with Gasteiger partial charge in [0.2, 0.25) is 10.0 Å². The van der Waals surface area contributed by atoms with Crippen LogP contribution in [0.3, 0.4) is 0 Å². The number of nitrogens with one attached hydrogen (secondary N) is 1. The van der Waals surface area contributed by atoms with Crippen molar-refractivity contribution >= 4 is 21.9 Å². The highest BCUT2D eigenvalue weighted by Crippen LogP contribution is 2.13. The number of carbonyl (C=O) groups is 2. The Balaban J connectivity index is 1.53. The Morgan fingerprint density at radius 1 is 1.03 bits per heavy atom. The molecule has 0 radical (unpaired) electrons. The maximum atomic E-state index is 12.4. The van der Waals surface area contributed by atoms with Crippen molar-refractivity contribution < 1.29 is 27.2 Å². The van der Waals surface area contributed by atoms with Gasteiger partial charge in [0.05, 0.1) is 23.3 Å². The van der Waals surface area contributed by atoms with E-state index in [9.17, 15) is 18.0 Å². The molecule has 0 saturated heterocycles. The molecule has 32 heavy (non-hydrogen) atoms. The molecule has 0 aliphatic carbocycles. The Bertz CT molecular complexity index is 1170. The predicted octanol–water partition coefficient (Wildman–Crippen LogP) is 2.88. The minimum Gasteiger partial charge on any atom is -0.468 e. The van der Waals surface area contributed by atoms with Crippen molar-refractivity contribution in [3.63, 3.8) is 0 Å². The van der Waals surface area contributed by atoms with E-state index in [0.29, 0.717) is 12.3 Å². The second kappa shape index (κ2) is 10.3. The number of furan rings is 1. The molecule has 0 saturated carbocycles. The highest BCUT2D eigenvalue weighted by atomic mass is 32.2. The normalized spacial score (nSPS) is 11.2. The van der Waals surface area contributed by atoms with Crippen molar-refractivity contribution in [1.29, 1.82) is 0 Å². The standard InChI is InChI=1S/C23H24N2O6S/c1-17-6-3-4-7-19(17)15-25(2)22(26)16-31-23(27)18-9-11-21(12-10-18)32(28,29)24-14-20-8-5-13-30-20/h3-13,24H,14-16H2,1-2H3. The summed E-state index contributed by atoms with van der Waals surface area (Å²) in [4.78, 5) is 26.0. The summed E-state index contributed by atoms with van der Waals surface area (Å²) in [5.41, 5.74) is 2.22. The number of sulfonamides is 1. The zero-order valence-electron chi connectivity index (χ0n) is 17.8. The lowest BCUT2D eigenvalue weighted by Crippen LogP contribution is -2.31. The largest absolute Gasteiger partial charge is 0.468 e. The topological polar surface area (TPSA) is 106 Å². The predicted molar refractivity (Wildman–Crippen MR) is 117 cm³/mol. The van der Waals surface area contributed by atoms with Crippen LogP contribution in [0.4, 0.5) is 0 Å². The van der Waals surface area contributed by atoms with E-state index in [1.54, 1.807) is 19.2 Å². The van der Waals surface area contributed by atoms with Gasteiger partial charge in [-0.25, -0.2) is 17.9 Å². The van der Waals surface area contributed by atoms with Gasteiger partial charge in [0, 0.05) is 13.6 Å². The first-order chi connectivity index (χ1) is 15.3. The van der Waals surface area contributed by atoms with Crippen molar-refractivity contribution in [2.45, 2.75) is 24.9 Å². The molecule has 0 spiro atoms. The van der Waals surface area contributed by atoms with Crippen LogP contribution in [0.15, 0.2) is 76.2 Å². The van der Waals surface area contributed by atoms with Gasteiger partial charge in [0.25, 0.3) is 5.91 Å². The van der Waals surface area contributed by atoms with Gasteiger partial charge in [-0.1, -0.05) is 24.3 Å². The number of esters is 1. The van der Waals surface area contributed by atoms with Crippen molar-refractivity contribution in [2.24, 2.45) is 0 Å². The molecule has 9 heteroatoms. The van der Waals surface area contributed by atoms with E-state index in [-0.39, 0.29) is 22.9 Å². The monoisotopic (exact) mass is 456 g/mol. The van der Waals surface area contributed by atoms with Gasteiger partial charge < -0.3 is 14.1 Å². The van der Waals surface area contributed by atoms with Crippen molar-refractivity contribution in [3.8, 4) is 0 Å². The minimum atomic E-state index is -3.77. The number of likely N-dealkylation sites (N-methyl/N-ethyl adjacent to an activating group) is 1. The van der Waals surface area contributed by atoms with E-state index < -0.39 is 22.6 Å². The molecule has 0 fully saturated rings. The van der Waals surface area contributed by atoms with Crippen LogP contribution in [-0.2, 0) is 32.6 Å². The molecule has 2 aromatic carbocycles. The van der Waals surface area contributed by atoms with Crippen molar-refractivity contribution in [1.82, 2.24) is 9.62 Å². The fourth-order valence-electron chi connectivity index (χ4n) is 2.88. The van der Waals surface area contributed by atoms with E-state index in [1.165, 1.54) is 35.4 Å². The fraction of sp³-hybridized carbons (Fsp3) is 0.217. The Kier molecular flexibility index (Phi) is 7.45. The molecule has 1 amide bonds. The fourth-order valence-corrected chi connectivity index (χ4v) is 3.88. The van der Waals surface area contributed by atoms with Gasteiger partial charge >= 0.3 is 5.97 Å². The van der Waals surface area contributed by atoms with Gasteiger partial charge in [-0.15, -0.1) is 0 Å². The molecular formula is C23H24N2O6S. The zero-order valence-corrected chi connectivity index (χ0v) is 18.6. The molecular weight excluding hydrogens is 432 g/mol. The zero-order chi connectivity index (χ0) is 23.1. The summed E-state index contributed by atoms with van der Waals surface area (Å²) in [5.74, 6) is -0.580. The van der Waals surface area contributed by atoms with Crippen molar-refractivity contribution in [3.05, 3.63) is 89.4 Å². The molecule has 0 bridgehead atoms. The van der Waals surface area contributed by atoms with E-state index in [0.717, 1.165) is 11.1 Å².